The van der Waals surface area contributed by atoms with Crippen molar-refractivity contribution in [1.29, 1.82) is 0 Å². The summed E-state index contributed by atoms with van der Waals surface area (Å²) in [7, 11) is 0. The van der Waals surface area contributed by atoms with Gasteiger partial charge in [0.1, 0.15) is 0 Å². The van der Waals surface area contributed by atoms with Gasteiger partial charge in [-0.1, -0.05) is 80.1 Å². The topological polar surface area (TPSA) is 75.4 Å². The Hall–Kier alpha value is -3.67. The van der Waals surface area contributed by atoms with Gasteiger partial charge in [-0.15, -0.1) is 12.4 Å². The number of rotatable bonds is 6. The van der Waals surface area contributed by atoms with Crippen molar-refractivity contribution in [3.8, 4) is 22.3 Å². The largest absolute Gasteiger partial charge is 0.368 e. The van der Waals surface area contributed by atoms with Gasteiger partial charge in [0.05, 0.1) is 16.8 Å². The number of nitrogens with two attached hydrogens (primary N) is 1. The molecule has 3 N–H and O–H groups in total. The normalized spacial score (nSPS) is 14.2. The lowest BCUT2D eigenvalue weighted by Crippen LogP contribution is -2.45. The zero-order valence-electron chi connectivity index (χ0n) is 21.5. The summed E-state index contributed by atoms with van der Waals surface area (Å²) in [5.41, 5.74) is 13.6. The number of fused-ring (bicyclic) bond motifs is 4. The van der Waals surface area contributed by atoms with Crippen LogP contribution in [0.4, 0.5) is 5.69 Å². The van der Waals surface area contributed by atoms with Gasteiger partial charge >= 0.3 is 0 Å². The highest BCUT2D eigenvalue weighted by Crippen LogP contribution is 2.52. The van der Waals surface area contributed by atoms with Crippen LogP contribution in [0.5, 0.6) is 0 Å². The van der Waals surface area contributed by atoms with E-state index in [9.17, 15) is 9.59 Å². The van der Waals surface area contributed by atoms with Crippen LogP contribution in [-0.2, 0) is 6.42 Å². The first kappa shape index (κ1) is 26.0. The Morgan fingerprint density at radius 2 is 1.53 bits per heavy atom. The minimum absolute atomic E-state index is 0. The Bertz CT molecular complexity index is 1550. The summed E-state index contributed by atoms with van der Waals surface area (Å²) >= 11 is 0. The fraction of sp³-hybridized carbons (Fsp3) is 0.250. The minimum atomic E-state index is -0.465. The van der Waals surface area contributed by atoms with Crippen LogP contribution in [0.2, 0.25) is 0 Å². The molecule has 1 fully saturated rings. The number of carbonyl (C=O) groups excluding carboxylic acids is 2. The molecule has 1 aliphatic carbocycles. The smallest absolute Gasteiger partial charge is 0.251 e. The van der Waals surface area contributed by atoms with Crippen LogP contribution in [0.3, 0.4) is 0 Å². The zero-order chi connectivity index (χ0) is 25.5. The molecule has 0 saturated carbocycles. The number of hydrogen-bond donors (Lipinski definition) is 2. The van der Waals surface area contributed by atoms with Crippen molar-refractivity contribution < 1.29 is 9.59 Å². The van der Waals surface area contributed by atoms with E-state index in [-0.39, 0.29) is 18.2 Å². The molecule has 0 aromatic heterocycles. The molecule has 4 aromatic rings. The Kier molecular flexibility index (Phi) is 7.24. The first-order chi connectivity index (χ1) is 18.1. The number of benzene rings is 4. The van der Waals surface area contributed by atoms with Crippen LogP contribution >= 0.6 is 12.4 Å². The molecule has 5 nitrogen and oxygen atoms in total. The highest BCUT2D eigenvalue weighted by molar-refractivity contribution is 6.29. The van der Waals surface area contributed by atoms with Gasteiger partial charge in [-0.2, -0.15) is 0 Å². The number of nitrogens with one attached hydrogen (secondary N) is 1. The highest BCUT2D eigenvalue weighted by Gasteiger charge is 2.38. The second-order valence-corrected chi connectivity index (χ2v) is 9.93. The number of unbranched alkanes of at least 4 members (excludes halogenated alkanes) is 1. The molecule has 2 aliphatic rings. The third kappa shape index (κ3) is 4.07. The van der Waals surface area contributed by atoms with Crippen LogP contribution < -0.4 is 16.0 Å². The molecule has 1 saturated heterocycles. The standard InChI is InChI=1S/C32H31N3O2.ClH/c1-2-3-11-25-26(22-15-8-10-20-9-4-5-12-21(20)22)27-23-13-6-7-14-24(23)31(36)29(27)30(28(25)32(33)37)35-18-16-34-17-19-35;/h4-10,12-15,34H,2-3,11,16-19H2,1H3,(H2,33,37);1H. The number of ketones is 1. The van der Waals surface area contributed by atoms with Crippen molar-refractivity contribution >= 4 is 40.6 Å². The van der Waals surface area contributed by atoms with E-state index in [0.717, 1.165) is 89.7 Å². The predicted molar refractivity (Wildman–Crippen MR) is 158 cm³/mol. The number of anilines is 1. The first-order valence-electron chi connectivity index (χ1n) is 13.2. The number of nitrogens with zero attached hydrogens (tertiary/aromatic N) is 1. The Morgan fingerprint density at radius 1 is 0.868 bits per heavy atom. The summed E-state index contributed by atoms with van der Waals surface area (Å²) in [6.07, 6.45) is 2.63. The molecule has 6 heteroatoms. The van der Waals surface area contributed by atoms with Gasteiger partial charge in [0.15, 0.2) is 5.78 Å². The molecular weight excluding hydrogens is 494 g/mol. The van der Waals surface area contributed by atoms with Gasteiger partial charge in [-0.05, 0) is 45.9 Å². The van der Waals surface area contributed by atoms with Gasteiger partial charge < -0.3 is 16.0 Å². The molecule has 4 aromatic carbocycles. The molecule has 1 heterocycles. The van der Waals surface area contributed by atoms with Crippen molar-refractivity contribution in [1.82, 2.24) is 5.32 Å². The highest BCUT2D eigenvalue weighted by atomic mass is 35.5. The third-order valence-corrected chi connectivity index (χ3v) is 7.76. The summed E-state index contributed by atoms with van der Waals surface area (Å²) in [4.78, 5) is 29.6. The molecule has 0 atom stereocenters. The number of amides is 1. The van der Waals surface area contributed by atoms with Gasteiger partial charge in [0.2, 0.25) is 0 Å². The molecule has 0 unspecified atom stereocenters. The second kappa shape index (κ2) is 10.6. The van der Waals surface area contributed by atoms with Crippen LogP contribution in [-0.4, -0.2) is 37.9 Å². The van der Waals surface area contributed by atoms with E-state index in [1.54, 1.807) is 0 Å². The quantitative estimate of drug-likeness (QED) is 0.285. The van der Waals surface area contributed by atoms with Crippen molar-refractivity contribution in [2.45, 2.75) is 26.2 Å². The summed E-state index contributed by atoms with van der Waals surface area (Å²) in [5, 5.41) is 5.62. The van der Waals surface area contributed by atoms with Crippen molar-refractivity contribution in [3.63, 3.8) is 0 Å². The van der Waals surface area contributed by atoms with Crippen LogP contribution in [0.25, 0.3) is 33.0 Å². The Morgan fingerprint density at radius 3 is 2.26 bits per heavy atom. The molecular formula is C32H32ClN3O2. The average molecular weight is 526 g/mol. The minimum Gasteiger partial charge on any atom is -0.368 e. The summed E-state index contributed by atoms with van der Waals surface area (Å²) in [6.45, 7) is 5.19. The summed E-state index contributed by atoms with van der Waals surface area (Å²) < 4.78 is 0. The molecule has 0 spiro atoms. The van der Waals surface area contributed by atoms with E-state index >= 15 is 0 Å². The third-order valence-electron chi connectivity index (χ3n) is 7.76. The number of primary amides is 1. The van der Waals surface area contributed by atoms with Crippen molar-refractivity contribution in [2.75, 3.05) is 31.1 Å². The van der Waals surface area contributed by atoms with Crippen LogP contribution in [0.1, 0.15) is 51.6 Å². The number of hydrogen-bond acceptors (Lipinski definition) is 4. The van der Waals surface area contributed by atoms with E-state index in [2.05, 4.69) is 47.5 Å². The second-order valence-electron chi connectivity index (χ2n) is 9.93. The Labute approximate surface area is 229 Å². The van der Waals surface area contributed by atoms with Gasteiger partial charge in [0.25, 0.3) is 5.91 Å². The SMILES string of the molecule is CCCCc1c(C(N)=O)c(N2CCNCC2)c2c(c1-c1cccc3ccccc13)-c1ccccc1C2=O.Cl. The molecule has 194 valence electrons. The molecule has 1 aliphatic heterocycles. The van der Waals surface area contributed by atoms with Crippen molar-refractivity contribution in [2.24, 2.45) is 5.73 Å². The predicted octanol–water partition coefficient (Wildman–Crippen LogP) is 5.99. The van der Waals surface area contributed by atoms with E-state index in [4.69, 9.17) is 5.73 Å². The number of piperazine rings is 1. The van der Waals surface area contributed by atoms with Crippen LogP contribution in [0.15, 0.2) is 66.7 Å². The number of halogens is 1. The number of carbonyl (C=O) groups is 2. The lowest BCUT2D eigenvalue weighted by molar-refractivity contribution is 0.0999. The van der Waals surface area contributed by atoms with Gasteiger partial charge in [-0.25, -0.2) is 0 Å². The zero-order valence-corrected chi connectivity index (χ0v) is 22.4. The van der Waals surface area contributed by atoms with E-state index < -0.39 is 5.91 Å². The average Bonchev–Trinajstić information content (AvgIpc) is 3.23. The Balaban J connectivity index is 0.00000294. The monoisotopic (exact) mass is 525 g/mol. The van der Waals surface area contributed by atoms with Crippen molar-refractivity contribution in [3.05, 3.63) is 89.0 Å². The summed E-state index contributed by atoms with van der Waals surface area (Å²) in [5.74, 6) is -0.488. The van der Waals surface area contributed by atoms with Gasteiger partial charge in [-0.3, -0.25) is 9.59 Å². The molecule has 1 amide bonds. The maximum absolute atomic E-state index is 14.1. The van der Waals surface area contributed by atoms with E-state index in [0.29, 0.717) is 16.7 Å². The van der Waals surface area contributed by atoms with Crippen LogP contribution in [0, 0.1) is 0 Å². The first-order valence-corrected chi connectivity index (χ1v) is 13.2. The van der Waals surface area contributed by atoms with E-state index in [1.807, 2.05) is 36.4 Å². The molecule has 38 heavy (non-hydrogen) atoms. The maximum atomic E-state index is 14.1. The molecule has 6 rings (SSSR count). The molecule has 0 radical (unpaired) electrons. The summed E-state index contributed by atoms with van der Waals surface area (Å²) in [6, 6.07) is 22.4. The fourth-order valence-electron chi connectivity index (χ4n) is 6.13. The lowest BCUT2D eigenvalue weighted by atomic mass is 9.81. The van der Waals surface area contributed by atoms with E-state index in [1.165, 1.54) is 0 Å². The maximum Gasteiger partial charge on any atom is 0.251 e. The fourth-order valence-corrected chi connectivity index (χ4v) is 6.13. The van der Waals surface area contributed by atoms with Gasteiger partial charge in [0, 0.05) is 37.3 Å². The lowest BCUT2D eigenvalue weighted by Gasteiger charge is -2.34. The molecule has 0 bridgehead atoms.